The van der Waals surface area contributed by atoms with Crippen molar-refractivity contribution >= 4 is 21.4 Å². The van der Waals surface area contributed by atoms with Crippen LogP contribution in [0.5, 0.6) is 5.75 Å². The van der Waals surface area contributed by atoms with Crippen LogP contribution in [0.25, 0.3) is 0 Å². The summed E-state index contributed by atoms with van der Waals surface area (Å²) in [5.74, 6) is 0.813. The van der Waals surface area contributed by atoms with Gasteiger partial charge in [0.25, 0.3) is 0 Å². The number of nitrogens with one attached hydrogen (secondary N) is 1. The van der Waals surface area contributed by atoms with Gasteiger partial charge in [-0.1, -0.05) is 30.3 Å². The summed E-state index contributed by atoms with van der Waals surface area (Å²) in [5, 5.41) is 0. The second-order valence-corrected chi connectivity index (χ2v) is 7.80. The summed E-state index contributed by atoms with van der Waals surface area (Å²) in [6, 6.07) is 15.3. The van der Waals surface area contributed by atoms with Crippen molar-refractivity contribution in [2.24, 2.45) is 0 Å². The molecule has 1 aliphatic heterocycles. The van der Waals surface area contributed by atoms with Gasteiger partial charge in [-0.25, -0.2) is 8.42 Å². The lowest BCUT2D eigenvalue weighted by Gasteiger charge is -2.28. The predicted octanol–water partition coefficient (Wildman–Crippen LogP) is 2.89. The number of rotatable bonds is 6. The van der Waals surface area contributed by atoms with Crippen LogP contribution < -0.4 is 14.4 Å². The number of ether oxygens (including phenoxy) is 1. The van der Waals surface area contributed by atoms with E-state index in [1.54, 1.807) is 12.1 Å². The Morgan fingerprint density at radius 3 is 2.75 bits per heavy atom. The average molecular weight is 346 g/mol. The summed E-state index contributed by atoms with van der Waals surface area (Å²) in [7, 11) is -1.37. The van der Waals surface area contributed by atoms with E-state index >= 15 is 0 Å². The van der Waals surface area contributed by atoms with E-state index in [2.05, 4.69) is 9.62 Å². The summed E-state index contributed by atoms with van der Waals surface area (Å²) < 4.78 is 32.8. The number of sulfonamides is 1. The fraction of sp³-hybridized carbons (Fsp3) is 0.333. The average Bonchev–Trinajstić information content (AvgIpc) is 2.55. The van der Waals surface area contributed by atoms with Gasteiger partial charge in [0.2, 0.25) is 10.0 Å². The van der Waals surface area contributed by atoms with Gasteiger partial charge in [-0.3, -0.25) is 4.72 Å². The molecule has 2 aromatic rings. The van der Waals surface area contributed by atoms with E-state index in [0.717, 1.165) is 24.2 Å². The minimum Gasteiger partial charge on any atom is -0.489 e. The molecule has 1 N–H and O–H groups in total. The third kappa shape index (κ3) is 4.20. The first-order valence-corrected chi connectivity index (χ1v) is 9.71. The molecule has 24 heavy (non-hydrogen) atoms. The Morgan fingerprint density at radius 1 is 1.17 bits per heavy atom. The van der Waals surface area contributed by atoms with E-state index in [1.807, 2.05) is 43.4 Å². The fourth-order valence-electron chi connectivity index (χ4n) is 2.76. The van der Waals surface area contributed by atoms with Gasteiger partial charge in [-0.2, -0.15) is 0 Å². The zero-order chi connectivity index (χ0) is 17.0. The number of hydrogen-bond donors (Lipinski definition) is 1. The SMILES string of the molecule is CN1CCOc2cc(NS(=O)(=O)CCCc3ccccc3)ccc21. The Kier molecular flexibility index (Phi) is 4.94. The Hall–Kier alpha value is -2.21. The highest BCUT2D eigenvalue weighted by atomic mass is 32.2. The highest BCUT2D eigenvalue weighted by Crippen LogP contribution is 2.33. The molecule has 3 rings (SSSR count). The van der Waals surface area contributed by atoms with Crippen LogP contribution in [0.2, 0.25) is 0 Å². The molecule has 0 spiro atoms. The largest absolute Gasteiger partial charge is 0.489 e. The van der Waals surface area contributed by atoms with Crippen molar-refractivity contribution in [2.75, 3.05) is 35.6 Å². The van der Waals surface area contributed by atoms with E-state index in [1.165, 1.54) is 0 Å². The van der Waals surface area contributed by atoms with Gasteiger partial charge in [0.05, 0.1) is 23.7 Å². The second-order valence-electron chi connectivity index (χ2n) is 5.96. The molecular formula is C18H22N2O3S. The number of benzene rings is 2. The molecule has 0 saturated heterocycles. The highest BCUT2D eigenvalue weighted by molar-refractivity contribution is 7.92. The molecule has 0 fully saturated rings. The smallest absolute Gasteiger partial charge is 0.232 e. The maximum absolute atomic E-state index is 12.3. The molecule has 2 aromatic carbocycles. The minimum absolute atomic E-state index is 0.0970. The number of hydrogen-bond acceptors (Lipinski definition) is 4. The molecule has 0 amide bonds. The normalized spacial score (nSPS) is 14.0. The topological polar surface area (TPSA) is 58.6 Å². The van der Waals surface area contributed by atoms with E-state index in [0.29, 0.717) is 24.5 Å². The molecular weight excluding hydrogens is 324 g/mol. The lowest BCUT2D eigenvalue weighted by molar-refractivity contribution is 0.311. The molecule has 1 aliphatic rings. The molecule has 0 bridgehead atoms. The third-order valence-corrected chi connectivity index (χ3v) is 5.42. The number of anilines is 2. The first kappa shape index (κ1) is 16.6. The molecule has 0 unspecified atom stereocenters. The van der Waals surface area contributed by atoms with Crippen molar-refractivity contribution in [1.29, 1.82) is 0 Å². The zero-order valence-corrected chi connectivity index (χ0v) is 14.6. The first-order chi connectivity index (χ1) is 11.5. The Balaban J connectivity index is 1.60. The van der Waals surface area contributed by atoms with Crippen LogP contribution >= 0.6 is 0 Å². The Morgan fingerprint density at radius 2 is 1.96 bits per heavy atom. The van der Waals surface area contributed by atoms with E-state index in [9.17, 15) is 8.42 Å². The van der Waals surface area contributed by atoms with E-state index in [4.69, 9.17) is 4.74 Å². The van der Waals surface area contributed by atoms with Gasteiger partial charge in [0, 0.05) is 13.1 Å². The maximum Gasteiger partial charge on any atom is 0.232 e. The Bertz CT molecular complexity index is 791. The summed E-state index contributed by atoms with van der Waals surface area (Å²) in [4.78, 5) is 2.09. The molecule has 0 aromatic heterocycles. The van der Waals surface area contributed by atoms with Crippen LogP contribution in [-0.4, -0.2) is 34.4 Å². The summed E-state index contributed by atoms with van der Waals surface area (Å²) in [6.45, 7) is 1.44. The van der Waals surface area contributed by atoms with Gasteiger partial charge in [0.1, 0.15) is 12.4 Å². The summed E-state index contributed by atoms with van der Waals surface area (Å²) >= 11 is 0. The van der Waals surface area contributed by atoms with Gasteiger partial charge < -0.3 is 9.64 Å². The minimum atomic E-state index is -3.36. The van der Waals surface area contributed by atoms with Crippen LogP contribution in [0.1, 0.15) is 12.0 Å². The van der Waals surface area contributed by atoms with Crippen LogP contribution in [0.3, 0.4) is 0 Å². The van der Waals surface area contributed by atoms with Crippen molar-refractivity contribution in [1.82, 2.24) is 0 Å². The molecule has 0 aliphatic carbocycles. The number of aryl methyl sites for hydroxylation is 1. The standard InChI is InChI=1S/C18H22N2O3S/c1-20-11-12-23-18-14-16(9-10-17(18)20)19-24(21,22)13-5-8-15-6-3-2-4-7-15/h2-4,6-7,9-10,14,19H,5,8,11-13H2,1H3. The van der Waals surface area contributed by atoms with Crippen LogP contribution in [0, 0.1) is 0 Å². The van der Waals surface area contributed by atoms with Gasteiger partial charge in [-0.05, 0) is 30.5 Å². The quantitative estimate of drug-likeness (QED) is 0.874. The van der Waals surface area contributed by atoms with Gasteiger partial charge >= 0.3 is 0 Å². The monoisotopic (exact) mass is 346 g/mol. The van der Waals surface area contributed by atoms with Crippen LogP contribution in [0.15, 0.2) is 48.5 Å². The molecule has 128 valence electrons. The van der Waals surface area contributed by atoms with E-state index in [-0.39, 0.29) is 5.75 Å². The number of nitrogens with zero attached hydrogens (tertiary/aromatic N) is 1. The maximum atomic E-state index is 12.3. The summed E-state index contributed by atoms with van der Waals surface area (Å²) in [5.41, 5.74) is 2.68. The Labute approximate surface area is 143 Å². The number of fused-ring (bicyclic) bond motifs is 1. The highest BCUT2D eigenvalue weighted by Gasteiger charge is 2.17. The molecule has 0 atom stereocenters. The van der Waals surface area contributed by atoms with E-state index < -0.39 is 10.0 Å². The van der Waals surface area contributed by atoms with Crippen molar-refractivity contribution in [3.05, 3.63) is 54.1 Å². The molecule has 0 radical (unpaired) electrons. The van der Waals surface area contributed by atoms with Crippen molar-refractivity contribution in [3.63, 3.8) is 0 Å². The molecule has 5 nitrogen and oxygen atoms in total. The molecule has 1 heterocycles. The summed E-state index contributed by atoms with van der Waals surface area (Å²) in [6.07, 6.45) is 1.34. The second kappa shape index (κ2) is 7.13. The lowest BCUT2D eigenvalue weighted by Crippen LogP contribution is -2.28. The first-order valence-electron chi connectivity index (χ1n) is 8.06. The van der Waals surface area contributed by atoms with Gasteiger partial charge in [-0.15, -0.1) is 0 Å². The lowest BCUT2D eigenvalue weighted by atomic mass is 10.1. The van der Waals surface area contributed by atoms with Crippen molar-refractivity contribution in [3.8, 4) is 5.75 Å². The fourth-order valence-corrected chi connectivity index (χ4v) is 3.88. The van der Waals surface area contributed by atoms with Crippen molar-refractivity contribution < 1.29 is 13.2 Å². The molecule has 6 heteroatoms. The zero-order valence-electron chi connectivity index (χ0n) is 13.7. The number of likely N-dealkylation sites (N-methyl/N-ethyl adjacent to an activating group) is 1. The van der Waals surface area contributed by atoms with Crippen LogP contribution in [0.4, 0.5) is 11.4 Å². The van der Waals surface area contributed by atoms with Crippen molar-refractivity contribution in [2.45, 2.75) is 12.8 Å². The van der Waals surface area contributed by atoms with Crippen LogP contribution in [-0.2, 0) is 16.4 Å². The van der Waals surface area contributed by atoms with Gasteiger partial charge in [0.15, 0.2) is 0 Å². The third-order valence-electron chi connectivity index (χ3n) is 4.05. The molecule has 0 saturated carbocycles. The predicted molar refractivity (Wildman–Crippen MR) is 97.4 cm³/mol.